The van der Waals surface area contributed by atoms with Crippen molar-refractivity contribution in [1.29, 1.82) is 0 Å². The average Bonchev–Trinajstić information content (AvgIpc) is 3.33. The number of hydrogen-bond donors (Lipinski definition) is 1. The van der Waals surface area contributed by atoms with Crippen molar-refractivity contribution < 1.29 is 28.3 Å². The van der Waals surface area contributed by atoms with E-state index in [1.54, 1.807) is 36.4 Å². The summed E-state index contributed by atoms with van der Waals surface area (Å²) in [5, 5.41) is 2.85. The highest BCUT2D eigenvalue weighted by atomic mass is 16.5. The number of ketones is 1. The molecule has 4 rings (SSSR count). The topological polar surface area (TPSA) is 98.1 Å². The maximum absolute atomic E-state index is 12.8. The molecule has 0 bridgehead atoms. The lowest BCUT2D eigenvalue weighted by Crippen LogP contribution is -2.38. The molecule has 0 unspecified atom stereocenters. The van der Waals surface area contributed by atoms with Gasteiger partial charge < -0.3 is 19.2 Å². The molecule has 35 heavy (non-hydrogen) atoms. The van der Waals surface area contributed by atoms with Gasteiger partial charge in [-0.3, -0.25) is 19.3 Å². The maximum atomic E-state index is 12.8. The van der Waals surface area contributed by atoms with E-state index in [0.29, 0.717) is 28.5 Å². The zero-order valence-electron chi connectivity index (χ0n) is 20.0. The van der Waals surface area contributed by atoms with Crippen LogP contribution in [0.25, 0.3) is 0 Å². The number of amides is 2. The number of carbonyl (C=O) groups excluding carboxylic acids is 3. The van der Waals surface area contributed by atoms with Crippen LogP contribution >= 0.6 is 0 Å². The van der Waals surface area contributed by atoms with Crippen molar-refractivity contribution in [3.05, 3.63) is 77.2 Å². The predicted octanol–water partition coefficient (Wildman–Crippen LogP) is 4.30. The van der Waals surface area contributed by atoms with Gasteiger partial charge in [0.15, 0.2) is 24.8 Å². The Labute approximate surface area is 203 Å². The van der Waals surface area contributed by atoms with Crippen LogP contribution in [0, 0.1) is 6.92 Å². The van der Waals surface area contributed by atoms with Crippen LogP contribution in [0.2, 0.25) is 0 Å². The summed E-state index contributed by atoms with van der Waals surface area (Å²) in [6.45, 7) is 5.68. The minimum absolute atomic E-state index is 0.0228. The van der Waals surface area contributed by atoms with E-state index in [0.717, 1.165) is 12.0 Å². The SMILES string of the molecule is CC[C@H](C)NC(=O)c1ccc(CN2C(=O)COc3ccc(C(=O)COc4cccc(C)c4)cc32)o1. The van der Waals surface area contributed by atoms with Gasteiger partial charge in [0.05, 0.1) is 12.2 Å². The fourth-order valence-electron chi connectivity index (χ4n) is 3.62. The van der Waals surface area contributed by atoms with Gasteiger partial charge in [0.2, 0.25) is 0 Å². The molecule has 0 spiro atoms. The molecule has 1 N–H and O–H groups in total. The fourth-order valence-corrected chi connectivity index (χ4v) is 3.62. The Hall–Kier alpha value is -4.07. The number of furan rings is 1. The van der Waals surface area contributed by atoms with E-state index in [1.165, 1.54) is 4.90 Å². The second-order valence-corrected chi connectivity index (χ2v) is 8.53. The molecule has 1 aliphatic heterocycles. The van der Waals surface area contributed by atoms with Gasteiger partial charge in [0, 0.05) is 11.6 Å². The van der Waals surface area contributed by atoms with E-state index in [2.05, 4.69) is 5.32 Å². The Morgan fingerprint density at radius 3 is 2.74 bits per heavy atom. The largest absolute Gasteiger partial charge is 0.485 e. The summed E-state index contributed by atoms with van der Waals surface area (Å²) in [6, 6.07) is 15.7. The number of rotatable bonds is 9. The first-order valence-electron chi connectivity index (χ1n) is 11.5. The van der Waals surface area contributed by atoms with Crippen molar-refractivity contribution in [3.8, 4) is 11.5 Å². The van der Waals surface area contributed by atoms with Crippen LogP contribution in [-0.4, -0.2) is 36.9 Å². The van der Waals surface area contributed by atoms with Crippen LogP contribution in [0.4, 0.5) is 5.69 Å². The smallest absolute Gasteiger partial charge is 0.287 e. The fraction of sp³-hybridized carbons (Fsp3) is 0.296. The molecule has 1 atom stereocenters. The van der Waals surface area contributed by atoms with Gasteiger partial charge in [-0.2, -0.15) is 0 Å². The van der Waals surface area contributed by atoms with E-state index in [4.69, 9.17) is 13.9 Å². The monoisotopic (exact) mass is 476 g/mol. The van der Waals surface area contributed by atoms with Crippen LogP contribution in [-0.2, 0) is 11.3 Å². The zero-order valence-corrected chi connectivity index (χ0v) is 20.0. The molecule has 0 fully saturated rings. The first-order valence-corrected chi connectivity index (χ1v) is 11.5. The highest BCUT2D eigenvalue weighted by Crippen LogP contribution is 2.34. The Morgan fingerprint density at radius 2 is 1.97 bits per heavy atom. The Kier molecular flexibility index (Phi) is 7.19. The second kappa shape index (κ2) is 10.5. The molecule has 8 nitrogen and oxygen atoms in total. The Morgan fingerprint density at radius 1 is 1.14 bits per heavy atom. The predicted molar refractivity (Wildman–Crippen MR) is 130 cm³/mol. The molecular weight excluding hydrogens is 448 g/mol. The number of benzene rings is 2. The summed E-state index contributed by atoms with van der Waals surface area (Å²) in [4.78, 5) is 39.3. The Bertz CT molecular complexity index is 1250. The van der Waals surface area contributed by atoms with Crippen LogP contribution < -0.4 is 19.7 Å². The third-order valence-corrected chi connectivity index (χ3v) is 5.77. The lowest BCUT2D eigenvalue weighted by atomic mass is 10.1. The first kappa shape index (κ1) is 24.1. The van der Waals surface area contributed by atoms with Gasteiger partial charge in [0.25, 0.3) is 11.8 Å². The summed E-state index contributed by atoms with van der Waals surface area (Å²) >= 11 is 0. The number of ether oxygens (including phenoxy) is 2. The molecule has 1 aromatic heterocycles. The number of nitrogens with one attached hydrogen (secondary N) is 1. The van der Waals surface area contributed by atoms with E-state index in [9.17, 15) is 14.4 Å². The number of aryl methyl sites for hydroxylation is 1. The molecule has 0 radical (unpaired) electrons. The number of Topliss-reactive ketones (excluding diaryl/α,β-unsaturated/α-hetero) is 1. The summed E-state index contributed by atoms with van der Waals surface area (Å²) < 4.78 is 16.9. The number of fused-ring (bicyclic) bond motifs is 1. The average molecular weight is 477 g/mol. The van der Waals surface area contributed by atoms with Crippen LogP contribution in [0.1, 0.15) is 52.5 Å². The summed E-state index contributed by atoms with van der Waals surface area (Å²) in [6.07, 6.45) is 0.801. The van der Waals surface area contributed by atoms with Crippen molar-refractivity contribution in [2.45, 2.75) is 39.8 Å². The third kappa shape index (κ3) is 5.71. The van der Waals surface area contributed by atoms with E-state index in [-0.39, 0.29) is 49.2 Å². The lowest BCUT2D eigenvalue weighted by molar-refractivity contribution is -0.121. The number of anilines is 1. The molecule has 2 aromatic carbocycles. The summed E-state index contributed by atoms with van der Waals surface area (Å²) in [7, 11) is 0. The molecule has 0 aliphatic carbocycles. The van der Waals surface area contributed by atoms with E-state index >= 15 is 0 Å². The maximum Gasteiger partial charge on any atom is 0.287 e. The molecular formula is C27H28N2O6. The van der Waals surface area contributed by atoms with Crippen LogP contribution in [0.3, 0.4) is 0 Å². The minimum atomic E-state index is -0.305. The minimum Gasteiger partial charge on any atom is -0.485 e. The van der Waals surface area contributed by atoms with Crippen LogP contribution in [0.15, 0.2) is 59.0 Å². The highest BCUT2D eigenvalue weighted by Gasteiger charge is 2.28. The summed E-state index contributed by atoms with van der Waals surface area (Å²) in [5.41, 5.74) is 1.89. The van der Waals surface area contributed by atoms with Gasteiger partial charge in [-0.15, -0.1) is 0 Å². The van der Waals surface area contributed by atoms with Crippen LogP contribution in [0.5, 0.6) is 11.5 Å². The van der Waals surface area contributed by atoms with Crippen molar-refractivity contribution in [3.63, 3.8) is 0 Å². The normalized spacial score (nSPS) is 13.6. The molecule has 8 heteroatoms. The molecule has 0 saturated carbocycles. The first-order chi connectivity index (χ1) is 16.8. The molecule has 182 valence electrons. The van der Waals surface area contributed by atoms with Gasteiger partial charge >= 0.3 is 0 Å². The van der Waals surface area contributed by atoms with Gasteiger partial charge in [-0.1, -0.05) is 19.1 Å². The highest BCUT2D eigenvalue weighted by molar-refractivity contribution is 6.02. The summed E-state index contributed by atoms with van der Waals surface area (Å²) in [5.74, 6) is 0.915. The number of nitrogens with zero attached hydrogens (tertiary/aromatic N) is 1. The van der Waals surface area contributed by atoms with Gasteiger partial charge in [0.1, 0.15) is 17.3 Å². The quantitative estimate of drug-likeness (QED) is 0.463. The van der Waals surface area contributed by atoms with E-state index < -0.39 is 0 Å². The molecule has 1 aliphatic rings. The third-order valence-electron chi connectivity index (χ3n) is 5.77. The van der Waals surface area contributed by atoms with Crippen molar-refractivity contribution in [2.75, 3.05) is 18.1 Å². The number of carbonyl (C=O) groups is 3. The van der Waals surface area contributed by atoms with Crippen molar-refractivity contribution >= 4 is 23.3 Å². The molecule has 0 saturated heterocycles. The van der Waals surface area contributed by atoms with E-state index in [1.807, 2.05) is 39.0 Å². The Balaban J connectivity index is 1.49. The number of hydrogen-bond acceptors (Lipinski definition) is 6. The van der Waals surface area contributed by atoms with Gasteiger partial charge in [-0.05, 0) is 68.3 Å². The second-order valence-electron chi connectivity index (χ2n) is 8.53. The molecule has 2 heterocycles. The standard InChI is InChI=1S/C27H28N2O6/c1-4-18(3)28-27(32)25-11-9-21(35-25)14-29-22-13-19(8-10-24(22)34-16-26(29)31)23(30)15-33-20-7-5-6-17(2)12-20/h5-13,18H,4,14-16H2,1-3H3,(H,28,32)/t18-/m0/s1. The van der Waals surface area contributed by atoms with Crippen molar-refractivity contribution in [2.24, 2.45) is 0 Å². The molecule has 3 aromatic rings. The zero-order chi connectivity index (χ0) is 24.9. The van der Waals surface area contributed by atoms with Crippen molar-refractivity contribution in [1.82, 2.24) is 5.32 Å². The molecule has 2 amide bonds. The van der Waals surface area contributed by atoms with Gasteiger partial charge in [-0.25, -0.2) is 0 Å². The lowest BCUT2D eigenvalue weighted by Gasteiger charge is -2.29.